The fraction of sp³-hybridized carbons (Fsp3) is 0.533. The van der Waals surface area contributed by atoms with E-state index in [0.717, 1.165) is 42.1 Å². The molecule has 2 aromatic rings. The maximum atomic E-state index is 11.9. The summed E-state index contributed by atoms with van der Waals surface area (Å²) in [4.78, 5) is 14.3. The number of aryl methyl sites for hydroxylation is 1. The molecule has 0 bridgehead atoms. The second-order valence-electron chi connectivity index (χ2n) is 6.39. The van der Waals surface area contributed by atoms with Crippen LogP contribution in [0.2, 0.25) is 0 Å². The highest BCUT2D eigenvalue weighted by Gasteiger charge is 2.39. The van der Waals surface area contributed by atoms with Gasteiger partial charge < -0.3 is 15.4 Å². The van der Waals surface area contributed by atoms with Crippen LogP contribution >= 0.6 is 0 Å². The van der Waals surface area contributed by atoms with E-state index in [0.29, 0.717) is 10.9 Å². The van der Waals surface area contributed by atoms with Crippen LogP contribution in [0.5, 0.6) is 0 Å². The van der Waals surface area contributed by atoms with E-state index in [-0.39, 0.29) is 0 Å². The number of nitrogens with zero attached hydrogens (tertiary/aromatic N) is 3. The van der Waals surface area contributed by atoms with Crippen LogP contribution in [0.1, 0.15) is 12.8 Å². The van der Waals surface area contributed by atoms with Crippen molar-refractivity contribution in [3.8, 4) is 0 Å². The third-order valence-corrected chi connectivity index (χ3v) is 5.19. The number of piperidine rings is 1. The van der Waals surface area contributed by atoms with E-state index < -0.39 is 5.69 Å². The standard InChI is InChI=1S/C15H20N4O2/c1-17-13-11(3-2-4-12(13)19(21)14(17)20)18-7-5-15(6-8-18)9-16-10-15/h2-4,16,21H,5-10H2,1H3. The molecule has 2 aliphatic rings. The summed E-state index contributed by atoms with van der Waals surface area (Å²) in [7, 11) is 1.71. The fourth-order valence-corrected chi connectivity index (χ4v) is 3.68. The molecule has 0 radical (unpaired) electrons. The molecule has 0 unspecified atom stereocenters. The van der Waals surface area contributed by atoms with Crippen LogP contribution in [-0.2, 0) is 7.05 Å². The van der Waals surface area contributed by atoms with Gasteiger partial charge in [-0.1, -0.05) is 6.07 Å². The lowest BCUT2D eigenvalue weighted by atomic mass is 9.73. The third-order valence-electron chi connectivity index (χ3n) is 5.19. The number of para-hydroxylation sites is 1. The lowest BCUT2D eigenvalue weighted by molar-refractivity contribution is 0.126. The van der Waals surface area contributed by atoms with Crippen molar-refractivity contribution in [2.45, 2.75) is 12.8 Å². The predicted octanol–water partition coefficient (Wildman–Crippen LogP) is 0.767. The molecule has 2 aliphatic heterocycles. The first-order valence-corrected chi connectivity index (χ1v) is 7.47. The maximum Gasteiger partial charge on any atom is 0.361 e. The summed E-state index contributed by atoms with van der Waals surface area (Å²) in [6, 6.07) is 5.72. The van der Waals surface area contributed by atoms with Gasteiger partial charge in [-0.2, -0.15) is 0 Å². The molecular formula is C15H20N4O2. The first-order valence-electron chi connectivity index (χ1n) is 7.47. The number of aromatic nitrogens is 2. The smallest absolute Gasteiger partial charge is 0.361 e. The topological polar surface area (TPSA) is 62.4 Å². The zero-order chi connectivity index (χ0) is 14.6. The molecule has 2 N–H and O–H groups in total. The van der Waals surface area contributed by atoms with Crippen molar-refractivity contribution in [3.05, 3.63) is 28.7 Å². The summed E-state index contributed by atoms with van der Waals surface area (Å²) in [5.74, 6) is 0. The molecule has 0 amide bonds. The van der Waals surface area contributed by atoms with Crippen LogP contribution < -0.4 is 15.9 Å². The highest BCUT2D eigenvalue weighted by atomic mass is 16.5. The van der Waals surface area contributed by atoms with Gasteiger partial charge in [0.25, 0.3) is 0 Å². The van der Waals surface area contributed by atoms with Crippen molar-refractivity contribution in [2.75, 3.05) is 31.1 Å². The molecule has 6 heteroatoms. The van der Waals surface area contributed by atoms with E-state index in [1.165, 1.54) is 17.4 Å². The number of nitrogens with one attached hydrogen (secondary N) is 1. The Morgan fingerprint density at radius 2 is 1.95 bits per heavy atom. The zero-order valence-corrected chi connectivity index (χ0v) is 12.2. The summed E-state index contributed by atoms with van der Waals surface area (Å²) in [5.41, 5.74) is 2.54. The van der Waals surface area contributed by atoms with Gasteiger partial charge in [0.15, 0.2) is 0 Å². The summed E-state index contributed by atoms with van der Waals surface area (Å²) in [6.07, 6.45) is 2.37. The van der Waals surface area contributed by atoms with Crippen molar-refractivity contribution < 1.29 is 5.21 Å². The molecular weight excluding hydrogens is 268 g/mol. The van der Waals surface area contributed by atoms with Gasteiger partial charge in [0.2, 0.25) is 0 Å². The molecule has 3 heterocycles. The zero-order valence-electron chi connectivity index (χ0n) is 12.2. The predicted molar refractivity (Wildman–Crippen MR) is 81.1 cm³/mol. The van der Waals surface area contributed by atoms with E-state index in [1.54, 1.807) is 13.1 Å². The van der Waals surface area contributed by atoms with E-state index in [1.807, 2.05) is 12.1 Å². The molecule has 4 rings (SSSR count). The van der Waals surface area contributed by atoms with Crippen LogP contribution in [0.4, 0.5) is 5.69 Å². The van der Waals surface area contributed by atoms with Gasteiger partial charge in [-0.3, -0.25) is 4.57 Å². The summed E-state index contributed by atoms with van der Waals surface area (Å²) in [5, 5.41) is 13.3. The van der Waals surface area contributed by atoms with Gasteiger partial charge >= 0.3 is 5.69 Å². The van der Waals surface area contributed by atoms with Gasteiger partial charge in [0, 0.05) is 33.2 Å². The number of benzene rings is 1. The van der Waals surface area contributed by atoms with Gasteiger partial charge in [-0.15, -0.1) is 4.73 Å². The molecule has 0 atom stereocenters. The van der Waals surface area contributed by atoms with Crippen LogP contribution in [0.25, 0.3) is 11.0 Å². The maximum absolute atomic E-state index is 11.9. The number of hydrogen-bond acceptors (Lipinski definition) is 4. The summed E-state index contributed by atoms with van der Waals surface area (Å²) in [6.45, 7) is 4.28. The van der Waals surface area contributed by atoms with Crippen LogP contribution in [-0.4, -0.2) is 40.7 Å². The highest BCUT2D eigenvalue weighted by Crippen LogP contribution is 2.37. The van der Waals surface area contributed by atoms with E-state index in [9.17, 15) is 10.0 Å². The Balaban J connectivity index is 1.74. The quantitative estimate of drug-likeness (QED) is 0.761. The Bertz CT molecular complexity index is 747. The molecule has 0 aliphatic carbocycles. The monoisotopic (exact) mass is 288 g/mol. The minimum Gasteiger partial charge on any atom is -0.424 e. The van der Waals surface area contributed by atoms with Gasteiger partial charge in [-0.05, 0) is 30.4 Å². The molecule has 21 heavy (non-hydrogen) atoms. The number of rotatable bonds is 1. The molecule has 2 fully saturated rings. The first-order chi connectivity index (χ1) is 10.1. The Morgan fingerprint density at radius 1 is 1.24 bits per heavy atom. The average Bonchev–Trinajstić information content (AvgIpc) is 2.71. The van der Waals surface area contributed by atoms with Crippen LogP contribution in [0.3, 0.4) is 0 Å². The molecule has 112 valence electrons. The first kappa shape index (κ1) is 12.8. The fourth-order valence-electron chi connectivity index (χ4n) is 3.68. The van der Waals surface area contributed by atoms with Gasteiger partial charge in [0.1, 0.15) is 5.52 Å². The van der Waals surface area contributed by atoms with Crippen LogP contribution in [0, 0.1) is 5.41 Å². The van der Waals surface area contributed by atoms with Crippen molar-refractivity contribution in [3.63, 3.8) is 0 Å². The molecule has 1 aromatic heterocycles. The molecule has 2 saturated heterocycles. The third kappa shape index (κ3) is 1.72. The Morgan fingerprint density at radius 3 is 2.57 bits per heavy atom. The Labute approximate surface area is 122 Å². The number of fused-ring (bicyclic) bond motifs is 1. The summed E-state index contributed by atoms with van der Waals surface area (Å²) >= 11 is 0. The number of hydrogen-bond donors (Lipinski definition) is 2. The molecule has 1 aromatic carbocycles. The minimum atomic E-state index is -0.394. The lowest BCUT2D eigenvalue weighted by Crippen LogP contribution is -2.58. The van der Waals surface area contributed by atoms with Crippen molar-refractivity contribution >= 4 is 16.7 Å². The van der Waals surface area contributed by atoms with E-state index in [2.05, 4.69) is 10.2 Å². The number of imidazole rings is 1. The van der Waals surface area contributed by atoms with Crippen molar-refractivity contribution in [1.82, 2.24) is 14.6 Å². The molecule has 1 spiro atoms. The minimum absolute atomic E-state index is 0.394. The Hall–Kier alpha value is -1.95. The second-order valence-corrected chi connectivity index (χ2v) is 6.39. The van der Waals surface area contributed by atoms with E-state index >= 15 is 0 Å². The molecule has 6 nitrogen and oxygen atoms in total. The van der Waals surface area contributed by atoms with Gasteiger partial charge in [-0.25, -0.2) is 4.79 Å². The van der Waals surface area contributed by atoms with Crippen molar-refractivity contribution in [1.29, 1.82) is 0 Å². The van der Waals surface area contributed by atoms with Crippen molar-refractivity contribution in [2.24, 2.45) is 12.5 Å². The van der Waals surface area contributed by atoms with Gasteiger partial charge in [0.05, 0.1) is 11.2 Å². The van der Waals surface area contributed by atoms with Crippen LogP contribution in [0.15, 0.2) is 23.0 Å². The Kier molecular flexibility index (Phi) is 2.60. The SMILES string of the molecule is Cn1c(=O)n(O)c2cccc(N3CCC4(CC3)CNC4)c21. The largest absolute Gasteiger partial charge is 0.424 e. The second kappa shape index (κ2) is 4.27. The number of anilines is 1. The average molecular weight is 288 g/mol. The lowest BCUT2D eigenvalue weighted by Gasteiger charge is -2.49. The normalized spacial score (nSPS) is 20.9. The highest BCUT2D eigenvalue weighted by molar-refractivity contribution is 5.89. The molecule has 0 saturated carbocycles. The van der Waals surface area contributed by atoms with E-state index in [4.69, 9.17) is 0 Å². The summed E-state index contributed by atoms with van der Waals surface area (Å²) < 4.78 is 2.26.